The van der Waals surface area contributed by atoms with Gasteiger partial charge in [0.25, 0.3) is 5.91 Å². The smallest absolute Gasteiger partial charge is 0.252 e. The highest BCUT2D eigenvalue weighted by atomic mass is 19.1. The van der Waals surface area contributed by atoms with E-state index in [0.29, 0.717) is 11.8 Å². The zero-order chi connectivity index (χ0) is 18.4. The molecule has 1 atom stereocenters. The first-order chi connectivity index (χ1) is 11.9. The molecule has 2 amide bonds. The molecule has 25 heavy (non-hydrogen) atoms. The van der Waals surface area contributed by atoms with Crippen molar-refractivity contribution in [3.8, 4) is 6.07 Å². The predicted octanol–water partition coefficient (Wildman–Crippen LogP) is 3.31. The van der Waals surface area contributed by atoms with E-state index in [-0.39, 0.29) is 23.5 Å². The van der Waals surface area contributed by atoms with E-state index in [1.54, 1.807) is 25.1 Å². The van der Waals surface area contributed by atoms with Gasteiger partial charge in [0.05, 0.1) is 6.07 Å². The lowest BCUT2D eigenvalue weighted by atomic mass is 10.1. The monoisotopic (exact) mass is 343 g/mol. The summed E-state index contributed by atoms with van der Waals surface area (Å²) >= 11 is 0. The minimum atomic E-state index is -1.28. The number of nitrogens with one attached hydrogen (secondary N) is 2. The molecule has 0 aliphatic rings. The summed E-state index contributed by atoms with van der Waals surface area (Å²) in [4.78, 5) is 23.7. The molecule has 0 aromatic heterocycles. The number of halogens is 2. The standard InChI is InChI=1S/C18H15F2N3O2/c1-2-17(24)22-13-5-3-4-11(8-13)18(25)23-16(10-21)14-7-6-12(19)9-15(14)20/h3-9,16H,2H2,1H3,(H,22,24)(H,23,25)/t16-/m1/s1. The number of carbonyl (C=O) groups excluding carboxylic acids is 2. The van der Waals surface area contributed by atoms with Crippen molar-refractivity contribution in [2.45, 2.75) is 19.4 Å². The van der Waals surface area contributed by atoms with Crippen LogP contribution in [0.15, 0.2) is 42.5 Å². The average Bonchev–Trinajstić information content (AvgIpc) is 2.60. The summed E-state index contributed by atoms with van der Waals surface area (Å²) in [6.45, 7) is 1.70. The van der Waals surface area contributed by atoms with Gasteiger partial charge in [0, 0.05) is 29.3 Å². The van der Waals surface area contributed by atoms with Crippen LogP contribution in [0.3, 0.4) is 0 Å². The van der Waals surface area contributed by atoms with E-state index in [1.807, 2.05) is 0 Å². The number of rotatable bonds is 5. The van der Waals surface area contributed by atoms with Gasteiger partial charge in [-0.05, 0) is 24.3 Å². The Morgan fingerprint density at radius 1 is 1.20 bits per heavy atom. The Morgan fingerprint density at radius 2 is 1.96 bits per heavy atom. The van der Waals surface area contributed by atoms with Crippen molar-refractivity contribution in [2.75, 3.05) is 5.32 Å². The van der Waals surface area contributed by atoms with Gasteiger partial charge < -0.3 is 10.6 Å². The maximum atomic E-state index is 13.8. The van der Waals surface area contributed by atoms with Gasteiger partial charge in [-0.15, -0.1) is 0 Å². The Morgan fingerprint density at radius 3 is 2.60 bits per heavy atom. The molecular weight excluding hydrogens is 328 g/mol. The molecule has 5 nitrogen and oxygen atoms in total. The van der Waals surface area contributed by atoms with Crippen LogP contribution in [0.4, 0.5) is 14.5 Å². The topological polar surface area (TPSA) is 82.0 Å². The Kier molecular flexibility index (Phi) is 5.79. The molecule has 0 aliphatic heterocycles. The zero-order valence-electron chi connectivity index (χ0n) is 13.3. The molecule has 0 aliphatic carbocycles. The minimum Gasteiger partial charge on any atom is -0.332 e. The van der Waals surface area contributed by atoms with E-state index in [1.165, 1.54) is 12.1 Å². The number of anilines is 1. The second kappa shape index (κ2) is 8.02. The summed E-state index contributed by atoms with van der Waals surface area (Å²) in [7, 11) is 0. The molecule has 7 heteroatoms. The second-order valence-electron chi connectivity index (χ2n) is 5.18. The number of hydrogen-bond donors (Lipinski definition) is 2. The molecule has 0 heterocycles. The molecule has 0 fully saturated rings. The van der Waals surface area contributed by atoms with E-state index in [9.17, 15) is 23.6 Å². The fourth-order valence-corrected chi connectivity index (χ4v) is 2.12. The van der Waals surface area contributed by atoms with Gasteiger partial charge in [-0.1, -0.05) is 19.1 Å². The summed E-state index contributed by atoms with van der Waals surface area (Å²) in [5.41, 5.74) is 0.491. The molecule has 0 unspecified atom stereocenters. The van der Waals surface area contributed by atoms with Gasteiger partial charge in [-0.25, -0.2) is 8.78 Å². The van der Waals surface area contributed by atoms with Crippen molar-refractivity contribution in [1.82, 2.24) is 5.32 Å². The predicted molar refractivity (Wildman–Crippen MR) is 87.5 cm³/mol. The first-order valence-corrected chi connectivity index (χ1v) is 7.50. The highest BCUT2D eigenvalue weighted by Crippen LogP contribution is 2.19. The number of hydrogen-bond acceptors (Lipinski definition) is 3. The fourth-order valence-electron chi connectivity index (χ4n) is 2.12. The molecular formula is C18H15F2N3O2. The third-order valence-corrected chi connectivity index (χ3v) is 3.41. The maximum Gasteiger partial charge on any atom is 0.252 e. The first kappa shape index (κ1) is 18.1. The van der Waals surface area contributed by atoms with E-state index in [2.05, 4.69) is 10.6 Å². The van der Waals surface area contributed by atoms with Gasteiger partial charge in [-0.2, -0.15) is 5.26 Å². The summed E-state index contributed by atoms with van der Waals surface area (Å²) in [6, 6.07) is 9.38. The first-order valence-electron chi connectivity index (χ1n) is 7.50. The molecule has 2 rings (SSSR count). The molecule has 0 saturated heterocycles. The maximum absolute atomic E-state index is 13.8. The number of benzene rings is 2. The molecule has 0 bridgehead atoms. The van der Waals surface area contributed by atoms with Crippen LogP contribution in [-0.2, 0) is 4.79 Å². The SMILES string of the molecule is CCC(=O)Nc1cccc(C(=O)N[C@H](C#N)c2ccc(F)cc2F)c1. The highest BCUT2D eigenvalue weighted by molar-refractivity contribution is 5.97. The lowest BCUT2D eigenvalue weighted by Crippen LogP contribution is -2.28. The van der Waals surface area contributed by atoms with E-state index >= 15 is 0 Å². The normalized spacial score (nSPS) is 11.3. The van der Waals surface area contributed by atoms with Crippen LogP contribution in [-0.4, -0.2) is 11.8 Å². The summed E-state index contributed by atoms with van der Waals surface area (Å²) < 4.78 is 26.8. The van der Waals surface area contributed by atoms with Crippen molar-refractivity contribution in [3.05, 3.63) is 65.2 Å². The van der Waals surface area contributed by atoms with E-state index < -0.39 is 23.6 Å². The molecule has 0 spiro atoms. The molecule has 2 aromatic carbocycles. The third-order valence-electron chi connectivity index (χ3n) is 3.41. The Bertz CT molecular complexity index is 846. The largest absolute Gasteiger partial charge is 0.332 e. The lowest BCUT2D eigenvalue weighted by Gasteiger charge is -2.13. The number of amides is 2. The Balaban J connectivity index is 2.18. The molecule has 2 aromatic rings. The number of carbonyl (C=O) groups is 2. The average molecular weight is 343 g/mol. The second-order valence-corrected chi connectivity index (χ2v) is 5.18. The fraction of sp³-hybridized carbons (Fsp3) is 0.167. The number of nitriles is 1. The Labute approximate surface area is 143 Å². The van der Waals surface area contributed by atoms with Gasteiger partial charge in [-0.3, -0.25) is 9.59 Å². The molecule has 0 radical (unpaired) electrons. The minimum absolute atomic E-state index is 0.132. The van der Waals surface area contributed by atoms with Crippen molar-refractivity contribution in [3.63, 3.8) is 0 Å². The highest BCUT2D eigenvalue weighted by Gasteiger charge is 2.19. The van der Waals surface area contributed by atoms with Crippen LogP contribution in [0.2, 0.25) is 0 Å². The number of nitrogens with zero attached hydrogens (tertiary/aromatic N) is 1. The van der Waals surface area contributed by atoms with Crippen LogP contribution in [0.25, 0.3) is 0 Å². The van der Waals surface area contributed by atoms with Crippen LogP contribution >= 0.6 is 0 Å². The molecule has 128 valence electrons. The van der Waals surface area contributed by atoms with Gasteiger partial charge in [0.1, 0.15) is 17.7 Å². The van der Waals surface area contributed by atoms with Gasteiger partial charge >= 0.3 is 0 Å². The van der Waals surface area contributed by atoms with E-state index in [0.717, 1.165) is 12.1 Å². The summed E-state index contributed by atoms with van der Waals surface area (Å²) in [5, 5.41) is 14.2. The summed E-state index contributed by atoms with van der Waals surface area (Å²) in [5.74, 6) is -2.52. The quantitative estimate of drug-likeness (QED) is 0.874. The molecule has 0 saturated carbocycles. The van der Waals surface area contributed by atoms with Crippen LogP contribution in [0.5, 0.6) is 0 Å². The Hall–Kier alpha value is -3.27. The summed E-state index contributed by atoms with van der Waals surface area (Å²) in [6.07, 6.45) is 0.288. The van der Waals surface area contributed by atoms with Crippen molar-refractivity contribution in [2.24, 2.45) is 0 Å². The van der Waals surface area contributed by atoms with E-state index in [4.69, 9.17) is 0 Å². The van der Waals surface area contributed by atoms with Gasteiger partial charge in [0.2, 0.25) is 5.91 Å². The molecule has 2 N–H and O–H groups in total. The van der Waals surface area contributed by atoms with Gasteiger partial charge in [0.15, 0.2) is 0 Å². The lowest BCUT2D eigenvalue weighted by molar-refractivity contribution is -0.115. The van der Waals surface area contributed by atoms with Crippen molar-refractivity contribution >= 4 is 17.5 Å². The zero-order valence-corrected chi connectivity index (χ0v) is 13.3. The van der Waals surface area contributed by atoms with Crippen LogP contribution in [0.1, 0.15) is 35.3 Å². The van der Waals surface area contributed by atoms with Crippen molar-refractivity contribution in [1.29, 1.82) is 5.26 Å². The third kappa shape index (κ3) is 4.61. The van der Waals surface area contributed by atoms with Crippen LogP contribution in [0, 0.1) is 23.0 Å². The van der Waals surface area contributed by atoms with Crippen LogP contribution < -0.4 is 10.6 Å². The van der Waals surface area contributed by atoms with Crippen molar-refractivity contribution < 1.29 is 18.4 Å².